The lowest BCUT2D eigenvalue weighted by molar-refractivity contribution is -0.120. The summed E-state index contributed by atoms with van der Waals surface area (Å²) < 4.78 is 5.61. The van der Waals surface area contributed by atoms with Crippen molar-refractivity contribution in [3.8, 4) is 11.1 Å². The van der Waals surface area contributed by atoms with Crippen molar-refractivity contribution in [2.75, 3.05) is 18.1 Å². The number of carboxylic acid groups (broad SMARTS) is 1. The Balaban J connectivity index is 1.25. The SMILES string of the molecule is CC[C@H](NC(=O)OCC1c2ccccc2-c2ccccc21)C(=O)N1CCc2cc(C(=O)O)ccc21. The van der Waals surface area contributed by atoms with Crippen molar-refractivity contribution in [1.82, 2.24) is 5.32 Å². The van der Waals surface area contributed by atoms with E-state index in [1.165, 1.54) is 6.07 Å². The van der Waals surface area contributed by atoms with Gasteiger partial charge in [0, 0.05) is 18.2 Å². The summed E-state index contributed by atoms with van der Waals surface area (Å²) in [5.41, 5.74) is 6.25. The highest BCUT2D eigenvalue weighted by Gasteiger charge is 2.32. The number of amides is 2. The highest BCUT2D eigenvalue weighted by Crippen LogP contribution is 2.44. The van der Waals surface area contributed by atoms with Crippen molar-refractivity contribution in [2.45, 2.75) is 31.7 Å². The first-order valence-electron chi connectivity index (χ1n) is 11.8. The van der Waals surface area contributed by atoms with E-state index in [0.717, 1.165) is 27.8 Å². The summed E-state index contributed by atoms with van der Waals surface area (Å²) in [5, 5.41) is 11.9. The zero-order chi connectivity index (χ0) is 24.5. The molecule has 0 aromatic heterocycles. The Bertz CT molecular complexity index is 1270. The van der Waals surface area contributed by atoms with E-state index in [1.54, 1.807) is 17.0 Å². The van der Waals surface area contributed by atoms with Crippen LogP contribution in [0, 0.1) is 0 Å². The summed E-state index contributed by atoms with van der Waals surface area (Å²) in [6, 6.07) is 20.2. The van der Waals surface area contributed by atoms with E-state index >= 15 is 0 Å². The second kappa shape index (κ2) is 9.25. The minimum Gasteiger partial charge on any atom is -0.478 e. The maximum Gasteiger partial charge on any atom is 0.407 e. The van der Waals surface area contributed by atoms with Gasteiger partial charge in [0.05, 0.1) is 5.56 Å². The lowest BCUT2D eigenvalue weighted by Gasteiger charge is -2.24. The number of fused-ring (bicyclic) bond motifs is 4. The summed E-state index contributed by atoms with van der Waals surface area (Å²) >= 11 is 0. The van der Waals surface area contributed by atoms with Gasteiger partial charge in [-0.1, -0.05) is 55.5 Å². The number of anilines is 1. The molecule has 0 saturated heterocycles. The largest absolute Gasteiger partial charge is 0.478 e. The molecular formula is C28H26N2O5. The quantitative estimate of drug-likeness (QED) is 0.549. The molecule has 2 aliphatic rings. The van der Waals surface area contributed by atoms with Crippen LogP contribution in [0.1, 0.15) is 46.3 Å². The number of carbonyl (C=O) groups excluding carboxylic acids is 2. The number of nitrogens with zero attached hydrogens (tertiary/aromatic N) is 1. The van der Waals surface area contributed by atoms with Gasteiger partial charge in [0.25, 0.3) is 0 Å². The van der Waals surface area contributed by atoms with Gasteiger partial charge in [-0.2, -0.15) is 0 Å². The molecule has 178 valence electrons. The van der Waals surface area contributed by atoms with Crippen molar-refractivity contribution in [1.29, 1.82) is 0 Å². The third-order valence-corrected chi connectivity index (χ3v) is 6.83. The zero-order valence-corrected chi connectivity index (χ0v) is 19.4. The predicted octanol–water partition coefficient (Wildman–Crippen LogP) is 4.59. The first-order chi connectivity index (χ1) is 17.0. The Kier molecular flexibility index (Phi) is 5.99. The number of hydrogen-bond donors (Lipinski definition) is 2. The number of carbonyl (C=O) groups is 3. The molecule has 0 radical (unpaired) electrons. The summed E-state index contributed by atoms with van der Waals surface area (Å²) in [6.07, 6.45) is 0.346. The molecule has 1 aliphatic carbocycles. The first-order valence-corrected chi connectivity index (χ1v) is 11.8. The number of nitrogens with one attached hydrogen (secondary N) is 1. The van der Waals surface area contributed by atoms with E-state index in [4.69, 9.17) is 4.74 Å². The van der Waals surface area contributed by atoms with Gasteiger partial charge >= 0.3 is 12.1 Å². The number of aromatic carboxylic acids is 1. The van der Waals surface area contributed by atoms with Crippen LogP contribution in [0.3, 0.4) is 0 Å². The molecule has 7 nitrogen and oxygen atoms in total. The summed E-state index contributed by atoms with van der Waals surface area (Å²) in [7, 11) is 0. The fraction of sp³-hybridized carbons (Fsp3) is 0.250. The van der Waals surface area contributed by atoms with Crippen molar-refractivity contribution >= 4 is 23.7 Å². The number of alkyl carbamates (subject to hydrolysis) is 1. The molecule has 0 bridgehead atoms. The summed E-state index contributed by atoms with van der Waals surface area (Å²) in [6.45, 7) is 2.45. The number of rotatable bonds is 6. The van der Waals surface area contributed by atoms with E-state index in [2.05, 4.69) is 29.6 Å². The zero-order valence-electron chi connectivity index (χ0n) is 19.4. The average molecular weight is 471 g/mol. The van der Waals surface area contributed by atoms with Gasteiger partial charge in [0.1, 0.15) is 12.6 Å². The molecule has 0 unspecified atom stereocenters. The molecule has 1 aliphatic heterocycles. The normalized spacial score (nSPS) is 14.6. The molecule has 35 heavy (non-hydrogen) atoms. The van der Waals surface area contributed by atoms with E-state index in [-0.39, 0.29) is 24.0 Å². The smallest absolute Gasteiger partial charge is 0.407 e. The fourth-order valence-corrected chi connectivity index (χ4v) is 5.07. The lowest BCUT2D eigenvalue weighted by atomic mass is 9.98. The van der Waals surface area contributed by atoms with E-state index in [9.17, 15) is 19.5 Å². The van der Waals surface area contributed by atoms with Gasteiger partial charge in [0.2, 0.25) is 5.91 Å². The molecule has 2 N–H and O–H groups in total. The molecule has 1 atom stereocenters. The van der Waals surface area contributed by atoms with E-state index in [1.807, 2.05) is 31.2 Å². The Labute approximate surface area is 203 Å². The molecule has 0 spiro atoms. The molecule has 3 aromatic rings. The second-order valence-electron chi connectivity index (χ2n) is 8.82. The molecule has 5 rings (SSSR count). The maximum atomic E-state index is 13.2. The van der Waals surface area contributed by atoms with Crippen LogP contribution < -0.4 is 10.2 Å². The molecule has 2 amide bonds. The minimum atomic E-state index is -0.999. The first kappa shape index (κ1) is 22.7. The van der Waals surface area contributed by atoms with Crippen molar-refractivity contribution in [3.63, 3.8) is 0 Å². The Morgan fingerprint density at radius 2 is 1.69 bits per heavy atom. The van der Waals surface area contributed by atoms with Crippen LogP contribution >= 0.6 is 0 Å². The van der Waals surface area contributed by atoms with Gasteiger partial charge in [0.15, 0.2) is 0 Å². The van der Waals surface area contributed by atoms with Crippen molar-refractivity contribution < 1.29 is 24.2 Å². The second-order valence-corrected chi connectivity index (χ2v) is 8.82. The van der Waals surface area contributed by atoms with Crippen LogP contribution in [-0.4, -0.2) is 42.3 Å². The van der Waals surface area contributed by atoms with Crippen LogP contribution in [-0.2, 0) is 16.0 Å². The Morgan fingerprint density at radius 1 is 1.03 bits per heavy atom. The number of benzene rings is 3. The number of ether oxygens (including phenoxy) is 1. The van der Waals surface area contributed by atoms with E-state index < -0.39 is 18.1 Å². The van der Waals surface area contributed by atoms with Crippen LogP contribution in [0.2, 0.25) is 0 Å². The van der Waals surface area contributed by atoms with Crippen LogP contribution in [0.4, 0.5) is 10.5 Å². The molecule has 7 heteroatoms. The molecule has 1 heterocycles. The van der Waals surface area contributed by atoms with Crippen molar-refractivity contribution in [2.24, 2.45) is 0 Å². The van der Waals surface area contributed by atoms with Crippen LogP contribution in [0.25, 0.3) is 11.1 Å². The number of carboxylic acids is 1. The third kappa shape index (κ3) is 4.14. The van der Waals surface area contributed by atoms with Crippen molar-refractivity contribution in [3.05, 3.63) is 89.0 Å². The lowest BCUT2D eigenvalue weighted by Crippen LogP contribution is -2.48. The molecule has 0 fully saturated rings. The van der Waals surface area contributed by atoms with Gasteiger partial charge in [-0.25, -0.2) is 9.59 Å². The molecular weight excluding hydrogens is 444 g/mol. The Hall–Kier alpha value is -4.13. The van der Waals surface area contributed by atoms with Gasteiger partial charge in [-0.3, -0.25) is 4.79 Å². The van der Waals surface area contributed by atoms with Crippen LogP contribution in [0.15, 0.2) is 66.7 Å². The topological polar surface area (TPSA) is 95.9 Å². The highest BCUT2D eigenvalue weighted by molar-refractivity contribution is 6.01. The maximum absolute atomic E-state index is 13.2. The molecule has 0 saturated carbocycles. The van der Waals surface area contributed by atoms with E-state index in [0.29, 0.717) is 25.1 Å². The minimum absolute atomic E-state index is 0.0576. The van der Waals surface area contributed by atoms with Gasteiger partial charge in [-0.05, 0) is 58.9 Å². The summed E-state index contributed by atoms with van der Waals surface area (Å²) in [4.78, 5) is 38.8. The molecule has 3 aromatic carbocycles. The van der Waals surface area contributed by atoms with Crippen LogP contribution in [0.5, 0.6) is 0 Å². The number of hydrogen-bond acceptors (Lipinski definition) is 4. The fourth-order valence-electron chi connectivity index (χ4n) is 5.07. The average Bonchev–Trinajstić information content (AvgIpc) is 3.44. The standard InChI is InChI=1S/C28H26N2O5/c1-2-24(26(31)30-14-13-17-15-18(27(32)33)11-12-25(17)30)29-28(34)35-16-23-21-9-5-3-7-19(21)20-8-4-6-10-22(20)23/h3-12,15,23-24H,2,13-14,16H2,1H3,(H,29,34)(H,32,33)/t24-/m0/s1. The van der Waals surface area contributed by atoms with Gasteiger partial charge < -0.3 is 20.1 Å². The summed E-state index contributed by atoms with van der Waals surface area (Å²) in [5.74, 6) is -1.29. The van der Waals surface area contributed by atoms with Gasteiger partial charge in [-0.15, -0.1) is 0 Å². The predicted molar refractivity (Wildman–Crippen MR) is 132 cm³/mol. The Morgan fingerprint density at radius 3 is 2.31 bits per heavy atom. The third-order valence-electron chi connectivity index (χ3n) is 6.83. The monoisotopic (exact) mass is 470 g/mol. The highest BCUT2D eigenvalue weighted by atomic mass is 16.5.